The lowest BCUT2D eigenvalue weighted by molar-refractivity contribution is -0.138. The first kappa shape index (κ1) is 28.9. The molecule has 4 aromatic rings. The highest BCUT2D eigenvalue weighted by Crippen LogP contribution is 2.21. The number of hydrogen-bond acceptors (Lipinski definition) is 6. The molecule has 2 N–H and O–H groups in total. The van der Waals surface area contributed by atoms with E-state index in [-0.39, 0.29) is 16.4 Å². The van der Waals surface area contributed by atoms with Gasteiger partial charge in [-0.1, -0.05) is 30.0 Å². The van der Waals surface area contributed by atoms with Crippen LogP contribution in [-0.2, 0) is 21.6 Å². The Hall–Kier alpha value is -5.08. The van der Waals surface area contributed by atoms with Gasteiger partial charge < -0.3 is 10.4 Å². The summed E-state index contributed by atoms with van der Waals surface area (Å²) in [4.78, 5) is 41.2. The van der Waals surface area contributed by atoms with E-state index in [1.165, 1.54) is 42.4 Å². The van der Waals surface area contributed by atoms with Crippen LogP contribution in [0.1, 0.15) is 56.1 Å². The molecule has 0 saturated carbocycles. The van der Waals surface area contributed by atoms with Gasteiger partial charge in [0.05, 0.1) is 26.9 Å². The predicted octanol–water partition coefficient (Wildman–Crippen LogP) is 4.26. The summed E-state index contributed by atoms with van der Waals surface area (Å²) < 4.78 is 18.8. The Labute approximate surface area is 237 Å². The minimum atomic E-state index is -3.16. The molecule has 10 nitrogen and oxygen atoms in total. The summed E-state index contributed by atoms with van der Waals surface area (Å²) in [7, 11) is -1.47. The lowest BCUT2D eigenvalue weighted by Gasteiger charge is -2.10. The number of aromatic nitrogens is 3. The number of carbonyl (C=O) groups is 3. The van der Waals surface area contributed by atoms with Gasteiger partial charge in [-0.2, -0.15) is 9.46 Å². The summed E-state index contributed by atoms with van der Waals surface area (Å²) in [5.74, 6) is 3.08. The molecular formula is C30H27N5O5S. The lowest BCUT2D eigenvalue weighted by Crippen LogP contribution is -2.16. The molecule has 41 heavy (non-hydrogen) atoms. The second-order valence-corrected chi connectivity index (χ2v) is 11.6. The largest absolute Gasteiger partial charge is 0.481 e. The molecule has 4 rings (SSSR count). The molecule has 0 fully saturated rings. The van der Waals surface area contributed by atoms with Gasteiger partial charge in [0, 0.05) is 47.4 Å². The van der Waals surface area contributed by atoms with E-state index in [1.807, 2.05) is 6.92 Å². The van der Waals surface area contributed by atoms with E-state index in [0.717, 1.165) is 5.69 Å². The van der Waals surface area contributed by atoms with Crippen molar-refractivity contribution in [3.05, 3.63) is 107 Å². The Morgan fingerprint density at radius 2 is 1.76 bits per heavy atom. The molecule has 2 amide bonds. The van der Waals surface area contributed by atoms with Crippen LogP contribution < -0.4 is 5.32 Å². The minimum absolute atomic E-state index is 0.105. The van der Waals surface area contributed by atoms with Crippen molar-refractivity contribution in [2.24, 2.45) is 11.4 Å². The number of carboxylic acids is 1. The molecule has 2 atom stereocenters. The average molecular weight is 570 g/mol. The van der Waals surface area contributed by atoms with Gasteiger partial charge in [0.25, 0.3) is 11.8 Å². The number of aliphatic carboxylic acids is 1. The summed E-state index contributed by atoms with van der Waals surface area (Å²) in [6.45, 7) is 3.33. The summed E-state index contributed by atoms with van der Waals surface area (Å²) in [6, 6.07) is 16.4. The Bertz CT molecular complexity index is 1860. The monoisotopic (exact) mass is 569 g/mol. The van der Waals surface area contributed by atoms with Gasteiger partial charge >= 0.3 is 5.97 Å². The van der Waals surface area contributed by atoms with E-state index in [0.29, 0.717) is 28.1 Å². The van der Waals surface area contributed by atoms with Crippen molar-refractivity contribution in [3.63, 3.8) is 0 Å². The van der Waals surface area contributed by atoms with Crippen LogP contribution in [0.5, 0.6) is 0 Å². The summed E-state index contributed by atoms with van der Waals surface area (Å²) in [6.07, 6.45) is 4.12. The maximum Gasteiger partial charge on any atom is 0.310 e. The molecule has 0 saturated heterocycles. The fourth-order valence-electron chi connectivity index (χ4n) is 3.89. The van der Waals surface area contributed by atoms with Crippen LogP contribution in [0, 0.1) is 18.8 Å². The number of nitrogens with one attached hydrogen (secondary N) is 1. The highest BCUT2D eigenvalue weighted by Gasteiger charge is 2.17. The highest BCUT2D eigenvalue weighted by molar-refractivity contribution is 7.93. The molecule has 11 heteroatoms. The van der Waals surface area contributed by atoms with Crippen LogP contribution >= 0.6 is 0 Å². The number of amides is 2. The molecule has 2 unspecified atom stereocenters. The maximum absolute atomic E-state index is 13.3. The van der Waals surface area contributed by atoms with E-state index in [4.69, 9.17) is 0 Å². The predicted molar refractivity (Wildman–Crippen MR) is 154 cm³/mol. The number of aryl methyl sites for hydroxylation is 2. The Balaban J connectivity index is 1.53. The molecular weight excluding hydrogens is 542 g/mol. The molecule has 2 heterocycles. The number of rotatable bonds is 6. The minimum Gasteiger partial charge on any atom is -0.481 e. The first-order valence-corrected chi connectivity index (χ1v) is 14.3. The van der Waals surface area contributed by atoms with Gasteiger partial charge in [0.1, 0.15) is 5.69 Å². The normalized spacial score (nSPS) is 12.8. The third-order valence-electron chi connectivity index (χ3n) is 6.11. The van der Waals surface area contributed by atoms with Crippen molar-refractivity contribution < 1.29 is 23.7 Å². The Morgan fingerprint density at radius 1 is 1.02 bits per heavy atom. The molecule has 0 aliphatic heterocycles. The molecule has 2 aromatic carbocycles. The molecule has 0 aliphatic carbocycles. The van der Waals surface area contributed by atoms with Crippen LogP contribution in [-0.4, -0.2) is 48.1 Å². The second kappa shape index (κ2) is 12.0. The van der Waals surface area contributed by atoms with Gasteiger partial charge in [-0.25, -0.2) is 4.21 Å². The Morgan fingerprint density at radius 3 is 2.46 bits per heavy atom. The van der Waals surface area contributed by atoms with Crippen LogP contribution in [0.15, 0.2) is 82.3 Å². The zero-order chi connectivity index (χ0) is 29.7. The van der Waals surface area contributed by atoms with Crippen molar-refractivity contribution in [2.75, 3.05) is 11.6 Å². The summed E-state index contributed by atoms with van der Waals surface area (Å²) in [5, 5.41) is 16.3. The van der Waals surface area contributed by atoms with Crippen LogP contribution in [0.3, 0.4) is 0 Å². The standard InChI is InChI=1S/C30H27N5O5S/c1-19-13-27(35(3)33-19)29(37)32-25-9-5-7-21(15-25)11-12-22-14-24(18-31-17-22)28(36)34-41(4,40)26-10-6-8-23(16-26)20(2)30(38)39/h5-10,13-18,20H,1-4H3,(H,32,37)(H,38,39). The molecule has 0 aliphatic rings. The van der Waals surface area contributed by atoms with Crippen LogP contribution in [0.4, 0.5) is 5.69 Å². The smallest absolute Gasteiger partial charge is 0.310 e. The van der Waals surface area contributed by atoms with Gasteiger partial charge in [0.15, 0.2) is 0 Å². The number of pyridine rings is 1. The van der Waals surface area contributed by atoms with Crippen molar-refractivity contribution in [3.8, 4) is 11.8 Å². The fourth-order valence-corrected chi connectivity index (χ4v) is 5.10. The SMILES string of the molecule is Cc1cc(C(=O)Nc2cccc(C#Cc3cncc(C(=O)N=S(C)(=O)c4cccc(C(C)C(=O)O)c4)c3)c2)n(C)n1. The third kappa shape index (κ3) is 7.12. The van der Waals surface area contributed by atoms with Crippen LogP contribution in [0.2, 0.25) is 0 Å². The zero-order valence-corrected chi connectivity index (χ0v) is 23.6. The maximum atomic E-state index is 13.3. The van der Waals surface area contributed by atoms with Crippen LogP contribution in [0.25, 0.3) is 0 Å². The molecule has 0 radical (unpaired) electrons. The van der Waals surface area contributed by atoms with Gasteiger partial charge in [-0.3, -0.25) is 24.0 Å². The number of benzene rings is 2. The molecule has 0 spiro atoms. The topological polar surface area (TPSA) is 144 Å². The second-order valence-electron chi connectivity index (χ2n) is 9.37. The lowest BCUT2D eigenvalue weighted by atomic mass is 10.0. The summed E-state index contributed by atoms with van der Waals surface area (Å²) >= 11 is 0. The van der Waals surface area contributed by atoms with Crippen molar-refractivity contribution in [1.82, 2.24) is 14.8 Å². The average Bonchev–Trinajstić information content (AvgIpc) is 3.29. The van der Waals surface area contributed by atoms with E-state index in [9.17, 15) is 23.7 Å². The summed E-state index contributed by atoms with van der Waals surface area (Å²) in [5.41, 5.74) is 3.34. The van der Waals surface area contributed by atoms with Gasteiger partial charge in [0.2, 0.25) is 0 Å². The molecule has 208 valence electrons. The van der Waals surface area contributed by atoms with E-state index in [2.05, 4.69) is 31.6 Å². The number of nitrogens with zero attached hydrogens (tertiary/aromatic N) is 4. The number of hydrogen-bond donors (Lipinski definition) is 2. The highest BCUT2D eigenvalue weighted by atomic mass is 32.2. The first-order chi connectivity index (χ1) is 19.4. The van der Waals surface area contributed by atoms with E-state index in [1.54, 1.807) is 55.6 Å². The van der Waals surface area contributed by atoms with E-state index >= 15 is 0 Å². The number of anilines is 1. The first-order valence-electron chi connectivity index (χ1n) is 12.4. The number of carbonyl (C=O) groups excluding carboxylic acids is 2. The third-order valence-corrected chi connectivity index (χ3v) is 7.76. The van der Waals surface area contributed by atoms with Crippen molar-refractivity contribution >= 4 is 33.2 Å². The number of carboxylic acid groups (broad SMARTS) is 1. The van der Waals surface area contributed by atoms with Crippen molar-refractivity contribution in [1.29, 1.82) is 0 Å². The van der Waals surface area contributed by atoms with Crippen molar-refractivity contribution in [2.45, 2.75) is 24.7 Å². The molecule has 2 aromatic heterocycles. The Kier molecular flexibility index (Phi) is 8.45. The van der Waals surface area contributed by atoms with Gasteiger partial charge in [-0.15, -0.1) is 0 Å². The molecule has 0 bridgehead atoms. The zero-order valence-electron chi connectivity index (χ0n) is 22.8. The van der Waals surface area contributed by atoms with Gasteiger partial charge in [-0.05, 0) is 61.9 Å². The quantitative estimate of drug-likeness (QED) is 0.330. The van der Waals surface area contributed by atoms with E-state index < -0.39 is 27.5 Å². The fraction of sp³-hybridized carbons (Fsp3) is 0.167.